The van der Waals surface area contributed by atoms with E-state index in [-0.39, 0.29) is 22.7 Å². The van der Waals surface area contributed by atoms with Gasteiger partial charge < -0.3 is 10.4 Å². The lowest BCUT2D eigenvalue weighted by Crippen LogP contribution is -2.48. The van der Waals surface area contributed by atoms with E-state index in [1.807, 2.05) is 7.05 Å². The van der Waals surface area contributed by atoms with Crippen LogP contribution in [0.5, 0.6) is 0 Å². The standard InChI is InChI=1S/C23H30N4O4S/c1-13-18(23(28)29)19(16-11-7-8-12-17(16)27(30)31)20-21(15-9-5-6-10-15)26(14(2)32-4)25(3)22(20)24-13/h7-8,11-12,14-15,19,21,24H,5-6,9-10H2,1-4H3,(H,28,29). The fourth-order valence-corrected chi connectivity index (χ4v) is 6.16. The van der Waals surface area contributed by atoms with Crippen molar-refractivity contribution < 1.29 is 14.8 Å². The number of nitro benzene ring substituents is 1. The maximum atomic E-state index is 12.5. The molecule has 2 aliphatic heterocycles. The van der Waals surface area contributed by atoms with Crippen molar-refractivity contribution in [2.75, 3.05) is 13.3 Å². The van der Waals surface area contributed by atoms with Crippen molar-refractivity contribution in [1.82, 2.24) is 15.3 Å². The molecular weight excluding hydrogens is 428 g/mol. The second-order valence-electron chi connectivity index (χ2n) is 8.75. The Labute approximate surface area is 192 Å². The molecule has 1 aliphatic carbocycles. The zero-order valence-electron chi connectivity index (χ0n) is 18.9. The van der Waals surface area contributed by atoms with Crippen LogP contribution in [0.25, 0.3) is 0 Å². The predicted molar refractivity (Wildman–Crippen MR) is 125 cm³/mol. The third kappa shape index (κ3) is 3.57. The number of hydrazine groups is 1. The summed E-state index contributed by atoms with van der Waals surface area (Å²) in [5, 5.41) is 30.1. The van der Waals surface area contributed by atoms with Crippen LogP contribution in [0.1, 0.15) is 51.0 Å². The molecule has 3 aliphatic rings. The number of rotatable bonds is 6. The molecule has 0 aromatic heterocycles. The second kappa shape index (κ2) is 8.78. The predicted octanol–water partition coefficient (Wildman–Crippen LogP) is 4.28. The number of dihydropyridines is 1. The first-order valence-electron chi connectivity index (χ1n) is 11.0. The average Bonchev–Trinajstić information content (AvgIpc) is 3.38. The van der Waals surface area contributed by atoms with Crippen molar-refractivity contribution >= 4 is 23.4 Å². The number of para-hydroxylation sites is 1. The van der Waals surface area contributed by atoms with Gasteiger partial charge in [-0.15, -0.1) is 11.8 Å². The topological polar surface area (TPSA) is 99.0 Å². The number of allylic oxidation sites excluding steroid dienone is 1. The first-order chi connectivity index (χ1) is 15.3. The molecule has 0 radical (unpaired) electrons. The number of benzene rings is 1. The van der Waals surface area contributed by atoms with Crippen molar-refractivity contribution in [2.24, 2.45) is 5.92 Å². The Balaban J connectivity index is 1.96. The van der Waals surface area contributed by atoms with Gasteiger partial charge in [0.05, 0.1) is 27.8 Å². The minimum atomic E-state index is -1.05. The molecule has 1 aromatic rings. The van der Waals surface area contributed by atoms with Gasteiger partial charge in [-0.05, 0) is 38.9 Å². The van der Waals surface area contributed by atoms with Crippen LogP contribution in [0.15, 0.2) is 46.9 Å². The summed E-state index contributed by atoms with van der Waals surface area (Å²) in [4.78, 5) is 24.0. The van der Waals surface area contributed by atoms with Crippen molar-refractivity contribution in [3.63, 3.8) is 0 Å². The Bertz CT molecular complexity index is 1000. The molecule has 8 nitrogen and oxygen atoms in total. The Morgan fingerprint density at radius 2 is 1.97 bits per heavy atom. The highest BCUT2D eigenvalue weighted by atomic mass is 32.2. The van der Waals surface area contributed by atoms with Gasteiger partial charge in [-0.2, -0.15) is 5.01 Å². The Kier molecular flexibility index (Phi) is 6.22. The molecule has 0 bridgehead atoms. The van der Waals surface area contributed by atoms with E-state index in [1.165, 1.54) is 6.07 Å². The third-order valence-corrected chi connectivity index (χ3v) is 7.99. The summed E-state index contributed by atoms with van der Waals surface area (Å²) in [6, 6.07) is 6.55. The van der Waals surface area contributed by atoms with Crippen LogP contribution in [0.3, 0.4) is 0 Å². The Hall–Kier alpha value is -2.52. The van der Waals surface area contributed by atoms with Crippen molar-refractivity contribution in [1.29, 1.82) is 0 Å². The van der Waals surface area contributed by atoms with Gasteiger partial charge in [-0.1, -0.05) is 31.0 Å². The summed E-state index contributed by atoms with van der Waals surface area (Å²) in [5.74, 6) is -0.500. The molecule has 4 rings (SSSR count). The maximum absolute atomic E-state index is 12.5. The summed E-state index contributed by atoms with van der Waals surface area (Å²) in [7, 11) is 2.00. The summed E-state index contributed by atoms with van der Waals surface area (Å²) in [6.07, 6.45) is 6.52. The van der Waals surface area contributed by atoms with E-state index >= 15 is 0 Å². The van der Waals surface area contributed by atoms with Crippen LogP contribution in [0.2, 0.25) is 0 Å². The van der Waals surface area contributed by atoms with Crippen LogP contribution >= 0.6 is 11.8 Å². The molecule has 2 N–H and O–H groups in total. The number of nitrogens with one attached hydrogen (secondary N) is 1. The number of carboxylic acid groups (broad SMARTS) is 1. The highest BCUT2D eigenvalue weighted by Crippen LogP contribution is 2.51. The maximum Gasteiger partial charge on any atom is 0.334 e. The monoisotopic (exact) mass is 458 g/mol. The quantitative estimate of drug-likeness (QED) is 0.481. The molecule has 2 heterocycles. The summed E-state index contributed by atoms with van der Waals surface area (Å²) in [6.45, 7) is 3.90. The van der Waals surface area contributed by atoms with Crippen LogP contribution < -0.4 is 5.32 Å². The van der Waals surface area contributed by atoms with E-state index in [4.69, 9.17) is 0 Å². The van der Waals surface area contributed by atoms with Gasteiger partial charge >= 0.3 is 5.97 Å². The number of thioether (sulfide) groups is 1. The zero-order valence-corrected chi connectivity index (χ0v) is 19.7. The van der Waals surface area contributed by atoms with E-state index in [2.05, 4.69) is 28.5 Å². The van der Waals surface area contributed by atoms with Gasteiger partial charge in [-0.25, -0.2) is 4.79 Å². The van der Waals surface area contributed by atoms with E-state index < -0.39 is 16.8 Å². The molecule has 0 spiro atoms. The van der Waals surface area contributed by atoms with Crippen LogP contribution in [-0.2, 0) is 4.79 Å². The molecule has 32 heavy (non-hydrogen) atoms. The number of nitro groups is 1. The van der Waals surface area contributed by atoms with Crippen LogP contribution in [0, 0.1) is 16.0 Å². The summed E-state index contributed by atoms with van der Waals surface area (Å²) >= 11 is 1.74. The molecule has 1 fully saturated rings. The van der Waals surface area contributed by atoms with Crippen LogP contribution in [-0.4, -0.2) is 50.7 Å². The van der Waals surface area contributed by atoms with Crippen molar-refractivity contribution in [3.8, 4) is 0 Å². The second-order valence-corrected chi connectivity index (χ2v) is 9.90. The van der Waals surface area contributed by atoms with Gasteiger partial charge in [0.15, 0.2) is 0 Å². The lowest BCUT2D eigenvalue weighted by Gasteiger charge is -2.39. The summed E-state index contributed by atoms with van der Waals surface area (Å²) < 4.78 is 0. The number of nitrogens with zero attached hydrogens (tertiary/aromatic N) is 3. The number of aliphatic carboxylic acids is 1. The fraction of sp³-hybridized carbons (Fsp3) is 0.522. The van der Waals surface area contributed by atoms with Crippen molar-refractivity contribution in [3.05, 3.63) is 62.6 Å². The smallest absolute Gasteiger partial charge is 0.334 e. The lowest BCUT2D eigenvalue weighted by atomic mass is 9.75. The number of carbonyl (C=O) groups is 1. The molecule has 0 amide bonds. The molecule has 3 atom stereocenters. The average molecular weight is 459 g/mol. The minimum absolute atomic E-state index is 0.0142. The summed E-state index contributed by atoms with van der Waals surface area (Å²) in [5.41, 5.74) is 2.06. The molecule has 3 unspecified atom stereocenters. The van der Waals surface area contributed by atoms with E-state index in [1.54, 1.807) is 36.9 Å². The van der Waals surface area contributed by atoms with E-state index in [0.29, 0.717) is 17.2 Å². The molecule has 172 valence electrons. The molecule has 1 saturated carbocycles. The lowest BCUT2D eigenvalue weighted by molar-refractivity contribution is -0.385. The molecule has 1 aromatic carbocycles. The fourth-order valence-electron chi connectivity index (χ4n) is 5.67. The molecule has 0 saturated heterocycles. The first kappa shape index (κ1) is 22.7. The SMILES string of the molecule is CSC(C)N1C(C2CCCC2)C2=C(NC(C)=C(C(=O)O)C2c2ccccc2[N+](=O)[O-])N1C. The Morgan fingerprint density at radius 3 is 2.56 bits per heavy atom. The minimum Gasteiger partial charge on any atom is -0.478 e. The van der Waals surface area contributed by atoms with Gasteiger partial charge in [0.25, 0.3) is 5.69 Å². The largest absolute Gasteiger partial charge is 0.478 e. The number of hydrogen-bond donors (Lipinski definition) is 2. The molecular formula is C23H30N4O4S. The number of carboxylic acids is 1. The van der Waals surface area contributed by atoms with E-state index in [0.717, 1.165) is 37.1 Å². The van der Waals surface area contributed by atoms with Gasteiger partial charge in [0.2, 0.25) is 0 Å². The zero-order chi connectivity index (χ0) is 23.2. The van der Waals surface area contributed by atoms with Gasteiger partial charge in [0.1, 0.15) is 5.82 Å². The third-order valence-electron chi connectivity index (χ3n) is 7.09. The first-order valence-corrected chi connectivity index (χ1v) is 12.3. The molecule has 9 heteroatoms. The highest BCUT2D eigenvalue weighted by molar-refractivity contribution is 7.99. The van der Waals surface area contributed by atoms with Crippen molar-refractivity contribution in [2.45, 2.75) is 56.9 Å². The normalized spacial score (nSPS) is 25.2. The van der Waals surface area contributed by atoms with Crippen LogP contribution in [0.4, 0.5) is 5.69 Å². The van der Waals surface area contributed by atoms with Gasteiger partial charge in [0, 0.05) is 29.9 Å². The highest BCUT2D eigenvalue weighted by Gasteiger charge is 2.51. The van der Waals surface area contributed by atoms with Gasteiger partial charge in [-0.3, -0.25) is 15.1 Å². The van der Waals surface area contributed by atoms with E-state index in [9.17, 15) is 20.0 Å². The number of hydrogen-bond acceptors (Lipinski definition) is 7. The Morgan fingerprint density at radius 1 is 1.31 bits per heavy atom.